The van der Waals surface area contributed by atoms with E-state index in [4.69, 9.17) is 16.0 Å². The maximum Gasteiger partial charge on any atom is 0.468 e. The Hall–Kier alpha value is -2.29. The van der Waals surface area contributed by atoms with Crippen LogP contribution in [0.25, 0.3) is 0 Å². The van der Waals surface area contributed by atoms with E-state index in [2.05, 4.69) is 10.3 Å². The molecule has 0 unspecified atom stereocenters. The largest absolute Gasteiger partial charge is 0.468 e. The summed E-state index contributed by atoms with van der Waals surface area (Å²) in [7, 11) is 0. The second-order valence-corrected chi connectivity index (χ2v) is 8.54. The van der Waals surface area contributed by atoms with Crippen LogP contribution in [0.2, 0.25) is 5.02 Å². The molecule has 10 heteroatoms. The molecule has 0 saturated heterocycles. The van der Waals surface area contributed by atoms with Gasteiger partial charge in [-0.3, -0.25) is 4.79 Å². The van der Waals surface area contributed by atoms with Crippen LogP contribution < -0.4 is 10.2 Å². The standard InChI is InChI=1S/C19H20ClF4N3O2/c1-18(2,3)8-15(28)26-16-11(20)6-10(7-12(16)21)27-5-4-13-14(9-27)29-17(25-13)19(22,23)24/h6-7H,4-5,8-9H2,1-3H3,(H,26,28). The first-order valence-electron chi connectivity index (χ1n) is 8.93. The van der Waals surface area contributed by atoms with Crippen molar-refractivity contribution in [2.24, 2.45) is 5.41 Å². The molecular weight excluding hydrogens is 414 g/mol. The number of nitrogens with one attached hydrogen (secondary N) is 1. The topological polar surface area (TPSA) is 58.4 Å². The SMILES string of the molecule is CC(C)(C)CC(=O)Nc1c(F)cc(N2CCc3nc(C(F)(F)F)oc3C2)cc1Cl. The number of carbonyl (C=O) groups excluding carboxylic acids is 1. The Labute approximate surface area is 170 Å². The maximum absolute atomic E-state index is 14.6. The number of aromatic nitrogens is 1. The Balaban J connectivity index is 1.79. The summed E-state index contributed by atoms with van der Waals surface area (Å²) in [5, 5.41) is 2.48. The molecule has 1 amide bonds. The molecule has 158 valence electrons. The van der Waals surface area contributed by atoms with E-state index in [1.54, 1.807) is 4.90 Å². The van der Waals surface area contributed by atoms with Crippen molar-refractivity contribution in [1.29, 1.82) is 0 Å². The summed E-state index contributed by atoms with van der Waals surface area (Å²) in [6.07, 6.45) is -4.25. The van der Waals surface area contributed by atoms with Crippen LogP contribution in [0, 0.1) is 11.2 Å². The maximum atomic E-state index is 14.6. The van der Waals surface area contributed by atoms with Crippen LogP contribution in [-0.4, -0.2) is 17.4 Å². The number of oxazole rings is 1. The van der Waals surface area contributed by atoms with Crippen molar-refractivity contribution >= 4 is 28.9 Å². The van der Waals surface area contributed by atoms with E-state index in [-0.39, 0.29) is 52.9 Å². The van der Waals surface area contributed by atoms with Gasteiger partial charge in [0.25, 0.3) is 0 Å². The van der Waals surface area contributed by atoms with E-state index in [1.807, 2.05) is 20.8 Å². The number of hydrogen-bond acceptors (Lipinski definition) is 4. The molecule has 1 N–H and O–H groups in total. The highest BCUT2D eigenvalue weighted by Gasteiger charge is 2.39. The minimum Gasteiger partial charge on any atom is -0.436 e. The zero-order valence-corrected chi connectivity index (χ0v) is 16.8. The van der Waals surface area contributed by atoms with Gasteiger partial charge in [0.2, 0.25) is 5.91 Å². The third kappa shape index (κ3) is 5.01. The second-order valence-electron chi connectivity index (χ2n) is 8.13. The Morgan fingerprint density at radius 2 is 2.00 bits per heavy atom. The smallest absolute Gasteiger partial charge is 0.436 e. The van der Waals surface area contributed by atoms with Crippen LogP contribution in [0.1, 0.15) is 44.5 Å². The predicted molar refractivity (Wildman–Crippen MR) is 100 cm³/mol. The van der Waals surface area contributed by atoms with Gasteiger partial charge in [-0.15, -0.1) is 0 Å². The van der Waals surface area contributed by atoms with Crippen LogP contribution >= 0.6 is 11.6 Å². The van der Waals surface area contributed by atoms with Gasteiger partial charge in [-0.05, 0) is 17.5 Å². The van der Waals surface area contributed by atoms with Crippen LogP contribution in [0.5, 0.6) is 0 Å². The van der Waals surface area contributed by atoms with E-state index >= 15 is 0 Å². The number of anilines is 2. The van der Waals surface area contributed by atoms with Crippen molar-refractivity contribution in [2.45, 2.75) is 46.3 Å². The molecule has 0 radical (unpaired) electrons. The molecule has 2 heterocycles. The minimum absolute atomic E-state index is 0.00149. The minimum atomic E-state index is -4.66. The molecule has 29 heavy (non-hydrogen) atoms. The Morgan fingerprint density at radius 1 is 1.31 bits per heavy atom. The van der Waals surface area contributed by atoms with Gasteiger partial charge in [-0.2, -0.15) is 13.2 Å². The van der Waals surface area contributed by atoms with Gasteiger partial charge in [0.05, 0.1) is 22.9 Å². The number of rotatable bonds is 3. The Kier molecular flexibility index (Phi) is 5.55. The third-order valence-corrected chi connectivity index (χ3v) is 4.62. The van der Waals surface area contributed by atoms with Gasteiger partial charge < -0.3 is 14.6 Å². The molecule has 1 aliphatic heterocycles. The van der Waals surface area contributed by atoms with Gasteiger partial charge in [0, 0.05) is 25.1 Å². The predicted octanol–water partition coefficient (Wildman–Crippen LogP) is 5.42. The molecule has 0 atom stereocenters. The van der Waals surface area contributed by atoms with Crippen molar-refractivity contribution in [2.75, 3.05) is 16.8 Å². The molecule has 1 aliphatic rings. The summed E-state index contributed by atoms with van der Waals surface area (Å²) in [5.41, 5.74) is 0.217. The summed E-state index contributed by atoms with van der Waals surface area (Å²) >= 11 is 6.17. The lowest BCUT2D eigenvalue weighted by molar-refractivity contribution is -0.157. The molecule has 0 aliphatic carbocycles. The molecule has 3 rings (SSSR count). The number of halogens is 5. The lowest BCUT2D eigenvalue weighted by atomic mass is 9.92. The molecule has 1 aromatic carbocycles. The number of fused-ring (bicyclic) bond motifs is 1. The number of nitrogens with zero attached hydrogens (tertiary/aromatic N) is 2. The number of benzene rings is 1. The van der Waals surface area contributed by atoms with E-state index in [9.17, 15) is 22.4 Å². The van der Waals surface area contributed by atoms with E-state index in [1.165, 1.54) is 12.1 Å². The first-order valence-corrected chi connectivity index (χ1v) is 9.31. The van der Waals surface area contributed by atoms with Gasteiger partial charge in [-0.1, -0.05) is 32.4 Å². The lowest BCUT2D eigenvalue weighted by Crippen LogP contribution is -2.30. The summed E-state index contributed by atoms with van der Waals surface area (Å²) in [6, 6.07) is 2.65. The van der Waals surface area contributed by atoms with Crippen molar-refractivity contribution in [1.82, 2.24) is 4.98 Å². The number of hydrogen-bond donors (Lipinski definition) is 1. The highest BCUT2D eigenvalue weighted by molar-refractivity contribution is 6.34. The lowest BCUT2D eigenvalue weighted by Gasteiger charge is -2.28. The molecule has 0 fully saturated rings. The molecule has 0 spiro atoms. The van der Waals surface area contributed by atoms with E-state index in [0.29, 0.717) is 12.2 Å². The second kappa shape index (κ2) is 7.51. The van der Waals surface area contributed by atoms with Crippen molar-refractivity contribution < 1.29 is 26.8 Å². The van der Waals surface area contributed by atoms with E-state index < -0.39 is 17.9 Å². The summed E-state index contributed by atoms with van der Waals surface area (Å²) in [6.45, 7) is 5.97. The molecule has 0 bridgehead atoms. The van der Waals surface area contributed by atoms with Gasteiger partial charge in [0.1, 0.15) is 11.6 Å². The summed E-state index contributed by atoms with van der Waals surface area (Å²) < 4.78 is 57.8. The highest BCUT2D eigenvalue weighted by Crippen LogP contribution is 2.36. The normalized spacial score (nSPS) is 14.7. The van der Waals surface area contributed by atoms with Crippen molar-refractivity contribution in [3.63, 3.8) is 0 Å². The van der Waals surface area contributed by atoms with Crippen molar-refractivity contribution in [3.8, 4) is 0 Å². The molecule has 0 saturated carbocycles. The zero-order valence-electron chi connectivity index (χ0n) is 16.1. The van der Waals surface area contributed by atoms with Gasteiger partial charge in [0.15, 0.2) is 0 Å². The van der Waals surface area contributed by atoms with E-state index in [0.717, 1.165) is 0 Å². The number of carbonyl (C=O) groups is 1. The fourth-order valence-corrected chi connectivity index (χ4v) is 3.31. The third-order valence-electron chi connectivity index (χ3n) is 4.32. The Bertz CT molecular complexity index is 912. The van der Waals surface area contributed by atoms with Crippen LogP contribution in [0.4, 0.5) is 28.9 Å². The monoisotopic (exact) mass is 433 g/mol. The highest BCUT2D eigenvalue weighted by atomic mass is 35.5. The number of alkyl halides is 3. The molecular formula is C19H20ClF4N3O2. The van der Waals surface area contributed by atoms with Crippen LogP contribution in [0.15, 0.2) is 16.5 Å². The van der Waals surface area contributed by atoms with Crippen molar-refractivity contribution in [3.05, 3.63) is 40.3 Å². The first-order chi connectivity index (χ1) is 13.3. The molecule has 1 aromatic heterocycles. The zero-order chi connectivity index (χ0) is 21.6. The average Bonchev–Trinajstić information content (AvgIpc) is 3.00. The first kappa shape index (κ1) is 21.4. The van der Waals surface area contributed by atoms with Gasteiger partial charge >= 0.3 is 12.1 Å². The summed E-state index contributed by atoms with van der Waals surface area (Å²) in [5.74, 6) is -2.29. The summed E-state index contributed by atoms with van der Waals surface area (Å²) in [4.78, 5) is 17.2. The molecule has 2 aromatic rings. The fraction of sp³-hybridized carbons (Fsp3) is 0.474. The number of amides is 1. The molecule has 5 nitrogen and oxygen atoms in total. The average molecular weight is 434 g/mol. The Morgan fingerprint density at radius 3 is 2.59 bits per heavy atom. The van der Waals surface area contributed by atoms with Crippen LogP contribution in [-0.2, 0) is 23.9 Å². The van der Waals surface area contributed by atoms with Gasteiger partial charge in [-0.25, -0.2) is 9.37 Å². The van der Waals surface area contributed by atoms with Crippen LogP contribution in [0.3, 0.4) is 0 Å². The quantitative estimate of drug-likeness (QED) is 0.656. The fourth-order valence-electron chi connectivity index (χ4n) is 3.06.